The van der Waals surface area contributed by atoms with Gasteiger partial charge in [0.2, 0.25) is 5.91 Å². The third-order valence-corrected chi connectivity index (χ3v) is 6.42. The number of aromatic nitrogens is 2. The van der Waals surface area contributed by atoms with Gasteiger partial charge in [-0.3, -0.25) is 14.7 Å². The van der Waals surface area contributed by atoms with Gasteiger partial charge in [0.15, 0.2) is 5.82 Å². The molecule has 1 unspecified atom stereocenters. The lowest BCUT2D eigenvalue weighted by atomic mass is 9.94. The largest absolute Gasteiger partial charge is 0.385 e. The third kappa shape index (κ3) is 5.79. The molecule has 0 fully saturated rings. The van der Waals surface area contributed by atoms with Crippen LogP contribution in [-0.4, -0.2) is 35.1 Å². The molecular formula is C26H26Cl2N6O2. The lowest BCUT2D eigenvalue weighted by Crippen LogP contribution is -2.23. The first-order valence-electron chi connectivity index (χ1n) is 11.5. The number of benzene rings is 3. The topological polar surface area (TPSA) is 125 Å². The molecule has 10 heteroatoms. The molecule has 0 saturated carbocycles. The second kappa shape index (κ2) is 11.4. The smallest absolute Gasteiger partial charge is 0.256 e. The number of carbonyl (C=O) groups is 2. The van der Waals surface area contributed by atoms with Crippen LogP contribution >= 0.6 is 23.2 Å². The highest BCUT2D eigenvalue weighted by Crippen LogP contribution is 2.30. The van der Waals surface area contributed by atoms with Crippen molar-refractivity contribution >= 4 is 63.1 Å². The van der Waals surface area contributed by atoms with Gasteiger partial charge in [-0.1, -0.05) is 35.3 Å². The molecule has 4 aromatic rings. The maximum atomic E-state index is 13.2. The zero-order valence-corrected chi connectivity index (χ0v) is 21.1. The minimum atomic E-state index is -0.506. The minimum absolute atomic E-state index is 0.229. The van der Waals surface area contributed by atoms with Crippen LogP contribution in [0, 0.1) is 0 Å². The predicted octanol–water partition coefficient (Wildman–Crippen LogP) is 5.62. The Labute approximate surface area is 218 Å². The molecular weight excluding hydrogens is 499 g/mol. The Hall–Kier alpha value is -3.59. The van der Waals surface area contributed by atoms with Gasteiger partial charge >= 0.3 is 0 Å². The molecule has 2 amide bonds. The zero-order valence-electron chi connectivity index (χ0n) is 19.6. The zero-order chi connectivity index (χ0) is 25.7. The lowest BCUT2D eigenvalue weighted by molar-refractivity contribution is -0.117. The maximum Gasteiger partial charge on any atom is 0.256 e. The highest BCUT2D eigenvalue weighted by molar-refractivity contribution is 6.42. The molecule has 6 N–H and O–H groups in total. The van der Waals surface area contributed by atoms with E-state index >= 15 is 0 Å². The van der Waals surface area contributed by atoms with Gasteiger partial charge in [0, 0.05) is 28.9 Å². The molecule has 4 rings (SSSR count). The molecule has 36 heavy (non-hydrogen) atoms. The second-order valence-electron chi connectivity index (χ2n) is 8.19. The van der Waals surface area contributed by atoms with E-state index < -0.39 is 5.92 Å². The number of rotatable bonds is 9. The number of hydrogen-bond acceptors (Lipinski definition) is 5. The first kappa shape index (κ1) is 25.5. The summed E-state index contributed by atoms with van der Waals surface area (Å²) in [6, 6.07) is 17.6. The van der Waals surface area contributed by atoms with Crippen LogP contribution in [0.5, 0.6) is 0 Å². The quantitative estimate of drug-likeness (QED) is 0.194. The van der Waals surface area contributed by atoms with E-state index in [1.165, 1.54) is 0 Å². The van der Waals surface area contributed by atoms with Crippen molar-refractivity contribution < 1.29 is 9.59 Å². The van der Waals surface area contributed by atoms with Gasteiger partial charge in [-0.05, 0) is 74.0 Å². The molecule has 1 aromatic heterocycles. The van der Waals surface area contributed by atoms with E-state index in [0.717, 1.165) is 17.8 Å². The predicted molar refractivity (Wildman–Crippen MR) is 146 cm³/mol. The summed E-state index contributed by atoms with van der Waals surface area (Å²) in [5, 5.41) is 17.6. The van der Waals surface area contributed by atoms with Crippen LogP contribution in [0.4, 0.5) is 17.2 Å². The Balaban J connectivity index is 1.54. The summed E-state index contributed by atoms with van der Waals surface area (Å²) in [6.07, 6.45) is 0.436. The Morgan fingerprint density at radius 1 is 1.00 bits per heavy atom. The van der Waals surface area contributed by atoms with Gasteiger partial charge in [0.05, 0.1) is 21.5 Å². The summed E-state index contributed by atoms with van der Waals surface area (Å²) in [4.78, 5) is 26.0. The molecule has 186 valence electrons. The Morgan fingerprint density at radius 3 is 2.58 bits per heavy atom. The van der Waals surface area contributed by atoms with Crippen molar-refractivity contribution in [2.75, 3.05) is 29.0 Å². The fraction of sp³-hybridized carbons (Fsp3) is 0.192. The first-order chi connectivity index (χ1) is 17.4. The van der Waals surface area contributed by atoms with Gasteiger partial charge in [-0.15, -0.1) is 0 Å². The summed E-state index contributed by atoms with van der Waals surface area (Å²) in [5.41, 5.74) is 9.13. The third-order valence-electron chi connectivity index (χ3n) is 5.69. The SMILES string of the molecule is CCNc1cccc(C(=O)Nc2n[nH]c3ccc(NC(=O)C(CCN)c4ccc(Cl)c(Cl)c4)cc23)c1. The molecule has 0 saturated heterocycles. The fourth-order valence-corrected chi connectivity index (χ4v) is 4.22. The highest BCUT2D eigenvalue weighted by atomic mass is 35.5. The van der Waals surface area contributed by atoms with E-state index in [1.807, 2.05) is 19.1 Å². The average Bonchev–Trinajstić information content (AvgIpc) is 3.26. The molecule has 0 aliphatic rings. The normalized spacial score (nSPS) is 11.8. The highest BCUT2D eigenvalue weighted by Gasteiger charge is 2.21. The molecule has 8 nitrogen and oxygen atoms in total. The summed E-state index contributed by atoms with van der Waals surface area (Å²) >= 11 is 12.2. The molecule has 0 spiro atoms. The van der Waals surface area contributed by atoms with E-state index in [9.17, 15) is 9.59 Å². The van der Waals surface area contributed by atoms with Crippen LogP contribution in [0.3, 0.4) is 0 Å². The van der Waals surface area contributed by atoms with Crippen molar-refractivity contribution in [2.45, 2.75) is 19.3 Å². The van der Waals surface area contributed by atoms with Gasteiger partial charge in [0.1, 0.15) is 0 Å². The van der Waals surface area contributed by atoms with Crippen LogP contribution in [0.1, 0.15) is 35.2 Å². The number of nitrogens with one attached hydrogen (secondary N) is 4. The number of halogens is 2. The van der Waals surface area contributed by atoms with Crippen LogP contribution in [0.15, 0.2) is 60.7 Å². The standard InChI is InChI=1S/C26H26Cl2N6O2/c1-2-30-17-5-3-4-16(12-17)25(35)32-24-20-14-18(7-9-23(20)33-34-24)31-26(36)19(10-11-29)15-6-8-21(27)22(28)13-15/h3-9,12-14,19,30H,2,10-11,29H2,1H3,(H,31,36)(H2,32,33,34,35). The number of carbonyl (C=O) groups excluding carboxylic acids is 2. The van der Waals surface area contributed by atoms with Crippen LogP contribution in [-0.2, 0) is 4.79 Å². The first-order valence-corrected chi connectivity index (χ1v) is 12.2. The van der Waals surface area contributed by atoms with E-state index in [-0.39, 0.29) is 11.8 Å². The number of fused-ring (bicyclic) bond motifs is 1. The van der Waals surface area contributed by atoms with Crippen molar-refractivity contribution in [3.8, 4) is 0 Å². The molecule has 1 atom stereocenters. The second-order valence-corrected chi connectivity index (χ2v) is 9.00. The van der Waals surface area contributed by atoms with E-state index in [2.05, 4.69) is 26.1 Å². The van der Waals surface area contributed by atoms with E-state index in [4.69, 9.17) is 28.9 Å². The average molecular weight is 525 g/mol. The van der Waals surface area contributed by atoms with Crippen LogP contribution in [0.2, 0.25) is 10.0 Å². The molecule has 3 aromatic carbocycles. The number of anilines is 3. The van der Waals surface area contributed by atoms with Crippen LogP contribution < -0.4 is 21.7 Å². The van der Waals surface area contributed by atoms with Crippen molar-refractivity contribution in [2.24, 2.45) is 5.73 Å². The summed E-state index contributed by atoms with van der Waals surface area (Å²) in [6.45, 7) is 3.06. The number of H-pyrrole nitrogens is 1. The van der Waals surface area contributed by atoms with Crippen molar-refractivity contribution in [1.29, 1.82) is 0 Å². The Kier molecular flexibility index (Phi) is 8.10. The van der Waals surface area contributed by atoms with Crippen molar-refractivity contribution in [3.63, 3.8) is 0 Å². The molecule has 0 aliphatic heterocycles. The van der Waals surface area contributed by atoms with Gasteiger partial charge in [-0.25, -0.2) is 0 Å². The molecule has 0 aliphatic carbocycles. The maximum absolute atomic E-state index is 13.2. The van der Waals surface area contributed by atoms with Gasteiger partial charge in [0.25, 0.3) is 5.91 Å². The lowest BCUT2D eigenvalue weighted by Gasteiger charge is -2.17. The summed E-state index contributed by atoms with van der Waals surface area (Å²) in [5.74, 6) is -0.663. The molecule has 0 bridgehead atoms. The van der Waals surface area contributed by atoms with Crippen LogP contribution in [0.25, 0.3) is 10.9 Å². The number of hydrogen-bond donors (Lipinski definition) is 5. The number of aromatic amines is 1. The summed E-state index contributed by atoms with van der Waals surface area (Å²) in [7, 11) is 0. The van der Waals surface area contributed by atoms with Crippen molar-refractivity contribution in [3.05, 3.63) is 81.8 Å². The Morgan fingerprint density at radius 2 is 1.83 bits per heavy atom. The molecule has 1 heterocycles. The van der Waals surface area contributed by atoms with Crippen molar-refractivity contribution in [1.82, 2.24) is 10.2 Å². The monoisotopic (exact) mass is 524 g/mol. The van der Waals surface area contributed by atoms with E-state index in [0.29, 0.717) is 51.0 Å². The number of nitrogens with zero attached hydrogens (tertiary/aromatic N) is 1. The fourth-order valence-electron chi connectivity index (χ4n) is 3.92. The summed E-state index contributed by atoms with van der Waals surface area (Å²) < 4.78 is 0. The van der Waals surface area contributed by atoms with Gasteiger partial charge < -0.3 is 21.7 Å². The van der Waals surface area contributed by atoms with E-state index in [1.54, 1.807) is 48.5 Å². The van der Waals surface area contributed by atoms with Gasteiger partial charge in [-0.2, -0.15) is 5.10 Å². The number of nitrogens with two attached hydrogens (primary N) is 1. The molecule has 0 radical (unpaired) electrons. The number of amides is 2. The minimum Gasteiger partial charge on any atom is -0.385 e. The Bertz CT molecular complexity index is 1400.